The molecule has 114 valence electrons. The van der Waals surface area contributed by atoms with Gasteiger partial charge in [0, 0.05) is 31.3 Å². The van der Waals surface area contributed by atoms with Crippen molar-refractivity contribution in [2.45, 2.75) is 17.9 Å². The zero-order chi connectivity index (χ0) is 15.6. The van der Waals surface area contributed by atoms with Gasteiger partial charge in [0.15, 0.2) is 0 Å². The number of nitrogens with zero attached hydrogens (tertiary/aromatic N) is 1. The lowest BCUT2D eigenvalue weighted by Gasteiger charge is -2.24. The maximum atomic E-state index is 12.8. The molecule has 0 saturated carbocycles. The first-order chi connectivity index (χ1) is 9.87. The lowest BCUT2D eigenvalue weighted by Crippen LogP contribution is -2.37. The minimum atomic E-state index is -3.59. The van der Waals surface area contributed by atoms with Crippen LogP contribution in [0.3, 0.4) is 0 Å². The largest absolute Gasteiger partial charge is 0.399 e. The van der Waals surface area contributed by atoms with Crippen molar-refractivity contribution in [1.82, 2.24) is 4.31 Å². The molecule has 2 rings (SSSR count). The van der Waals surface area contributed by atoms with Gasteiger partial charge >= 0.3 is 0 Å². The number of likely N-dealkylation sites (N-methyl/N-ethyl adjacent to an activating group) is 1. The van der Waals surface area contributed by atoms with Crippen LogP contribution in [-0.4, -0.2) is 39.5 Å². The molecule has 2 aromatic carbocycles. The number of anilines is 1. The van der Waals surface area contributed by atoms with Crippen LogP contribution < -0.4 is 5.73 Å². The second-order valence-corrected chi connectivity index (χ2v) is 7.03. The molecule has 0 fully saturated rings. The highest BCUT2D eigenvalue weighted by Crippen LogP contribution is 2.27. The zero-order valence-electron chi connectivity index (χ0n) is 12.4. The summed E-state index contributed by atoms with van der Waals surface area (Å²) in [5.74, 6) is 0. The van der Waals surface area contributed by atoms with Crippen LogP contribution >= 0.6 is 0 Å². The fraction of sp³-hybridized carbons (Fsp3) is 0.333. The molecular weight excluding hydrogens is 288 g/mol. The molecular formula is C15H20N2O3S. The van der Waals surface area contributed by atoms with Gasteiger partial charge in [-0.15, -0.1) is 0 Å². The Morgan fingerprint density at radius 1 is 1.29 bits per heavy atom. The zero-order valence-corrected chi connectivity index (χ0v) is 13.2. The van der Waals surface area contributed by atoms with Gasteiger partial charge < -0.3 is 10.5 Å². The number of hydrogen-bond acceptors (Lipinski definition) is 4. The molecule has 0 aliphatic carbocycles. The first-order valence-corrected chi connectivity index (χ1v) is 8.07. The number of ether oxygens (including phenoxy) is 1. The Balaban J connectivity index is 2.55. The quantitative estimate of drug-likeness (QED) is 0.858. The summed E-state index contributed by atoms with van der Waals surface area (Å²) in [6, 6.07) is 10.2. The van der Waals surface area contributed by atoms with Gasteiger partial charge in [-0.2, -0.15) is 4.31 Å². The monoisotopic (exact) mass is 308 g/mol. The molecule has 0 heterocycles. The maximum absolute atomic E-state index is 12.8. The summed E-state index contributed by atoms with van der Waals surface area (Å²) >= 11 is 0. The maximum Gasteiger partial charge on any atom is 0.243 e. The van der Waals surface area contributed by atoms with Crippen molar-refractivity contribution in [1.29, 1.82) is 0 Å². The van der Waals surface area contributed by atoms with E-state index in [2.05, 4.69) is 0 Å². The summed E-state index contributed by atoms with van der Waals surface area (Å²) in [7, 11) is -0.469. The fourth-order valence-electron chi connectivity index (χ4n) is 2.24. The van der Waals surface area contributed by atoms with Gasteiger partial charge in [-0.05, 0) is 30.5 Å². The van der Waals surface area contributed by atoms with E-state index in [-0.39, 0.29) is 10.9 Å². The van der Waals surface area contributed by atoms with Crippen molar-refractivity contribution in [2.24, 2.45) is 0 Å². The molecule has 21 heavy (non-hydrogen) atoms. The van der Waals surface area contributed by atoms with Gasteiger partial charge in [0.2, 0.25) is 10.0 Å². The van der Waals surface area contributed by atoms with Gasteiger partial charge in [0.1, 0.15) is 0 Å². The highest BCUT2D eigenvalue weighted by molar-refractivity contribution is 7.89. The molecule has 0 radical (unpaired) electrons. The topological polar surface area (TPSA) is 72.6 Å². The minimum absolute atomic E-state index is 0.246. The van der Waals surface area contributed by atoms with Crippen molar-refractivity contribution >= 4 is 26.5 Å². The number of benzene rings is 2. The second-order valence-electron chi connectivity index (χ2n) is 5.06. The van der Waals surface area contributed by atoms with Crippen molar-refractivity contribution in [3.8, 4) is 0 Å². The normalized spacial score (nSPS) is 13.7. The molecule has 2 N–H and O–H groups in total. The predicted octanol–water partition coefficient (Wildman–Crippen LogP) is 2.08. The third-order valence-corrected chi connectivity index (χ3v) is 5.58. The minimum Gasteiger partial charge on any atom is -0.399 e. The number of fused-ring (bicyclic) bond motifs is 1. The molecule has 5 nitrogen and oxygen atoms in total. The number of rotatable bonds is 5. The summed E-state index contributed by atoms with van der Waals surface area (Å²) in [5.41, 5.74) is 6.36. The van der Waals surface area contributed by atoms with Gasteiger partial charge in [-0.1, -0.05) is 18.2 Å². The van der Waals surface area contributed by atoms with Gasteiger partial charge in [0.25, 0.3) is 0 Å². The summed E-state index contributed by atoms with van der Waals surface area (Å²) in [4.78, 5) is 0.283. The van der Waals surface area contributed by atoms with E-state index >= 15 is 0 Å². The Kier molecular flexibility index (Phi) is 4.51. The van der Waals surface area contributed by atoms with Crippen LogP contribution in [0, 0.1) is 0 Å². The molecule has 0 aromatic heterocycles. The Hall–Kier alpha value is -1.63. The first-order valence-electron chi connectivity index (χ1n) is 6.63. The summed E-state index contributed by atoms with van der Waals surface area (Å²) in [5, 5.41) is 1.48. The van der Waals surface area contributed by atoms with Crippen LogP contribution in [0.2, 0.25) is 0 Å². The van der Waals surface area contributed by atoms with Gasteiger partial charge in [0.05, 0.1) is 11.5 Å². The van der Waals surface area contributed by atoms with Gasteiger partial charge in [-0.25, -0.2) is 8.42 Å². The van der Waals surface area contributed by atoms with Crippen molar-refractivity contribution in [2.75, 3.05) is 26.5 Å². The van der Waals surface area contributed by atoms with E-state index < -0.39 is 10.0 Å². The fourth-order valence-corrected chi connectivity index (χ4v) is 3.79. The van der Waals surface area contributed by atoms with E-state index in [1.807, 2.05) is 13.0 Å². The third kappa shape index (κ3) is 3.02. The molecule has 0 aliphatic rings. The molecule has 0 amide bonds. The molecule has 0 bridgehead atoms. The molecule has 0 saturated heterocycles. The van der Waals surface area contributed by atoms with E-state index in [1.54, 1.807) is 44.5 Å². The van der Waals surface area contributed by atoms with Crippen LogP contribution in [0.25, 0.3) is 10.8 Å². The van der Waals surface area contributed by atoms with Crippen LogP contribution in [-0.2, 0) is 14.8 Å². The highest BCUT2D eigenvalue weighted by atomic mass is 32.2. The Labute approximate surface area is 125 Å². The van der Waals surface area contributed by atoms with Crippen molar-refractivity contribution in [3.05, 3.63) is 36.4 Å². The predicted molar refractivity (Wildman–Crippen MR) is 84.6 cm³/mol. The highest BCUT2D eigenvalue weighted by Gasteiger charge is 2.26. The number of nitrogens with two attached hydrogens (primary N) is 1. The average Bonchev–Trinajstić information content (AvgIpc) is 2.45. The van der Waals surface area contributed by atoms with E-state index in [1.165, 1.54) is 4.31 Å². The van der Waals surface area contributed by atoms with E-state index in [0.717, 1.165) is 5.39 Å². The van der Waals surface area contributed by atoms with Crippen LogP contribution in [0.15, 0.2) is 41.3 Å². The van der Waals surface area contributed by atoms with E-state index in [9.17, 15) is 8.42 Å². The molecule has 2 aromatic rings. The van der Waals surface area contributed by atoms with Crippen molar-refractivity contribution in [3.63, 3.8) is 0 Å². The summed E-state index contributed by atoms with van der Waals surface area (Å²) in [6.07, 6.45) is 0. The Morgan fingerprint density at radius 3 is 2.67 bits per heavy atom. The number of hydrogen-bond donors (Lipinski definition) is 1. The van der Waals surface area contributed by atoms with E-state index in [4.69, 9.17) is 10.5 Å². The average molecular weight is 308 g/mol. The number of methoxy groups -OCH3 is 1. The van der Waals surface area contributed by atoms with E-state index in [0.29, 0.717) is 17.7 Å². The lowest BCUT2D eigenvalue weighted by atomic mass is 10.1. The smallest absolute Gasteiger partial charge is 0.243 e. The van der Waals surface area contributed by atoms with Crippen LogP contribution in [0.4, 0.5) is 5.69 Å². The molecule has 0 aliphatic heterocycles. The Morgan fingerprint density at radius 2 is 2.00 bits per heavy atom. The number of sulfonamides is 1. The molecule has 6 heteroatoms. The Bertz CT molecular complexity index is 744. The molecule has 1 unspecified atom stereocenters. The van der Waals surface area contributed by atoms with Crippen LogP contribution in [0.5, 0.6) is 0 Å². The summed E-state index contributed by atoms with van der Waals surface area (Å²) in [6.45, 7) is 2.15. The SMILES string of the molecule is COCC(C)N(C)S(=O)(=O)c1cccc2cc(N)ccc12. The first kappa shape index (κ1) is 15.8. The van der Waals surface area contributed by atoms with Crippen molar-refractivity contribution < 1.29 is 13.2 Å². The third-order valence-electron chi connectivity index (χ3n) is 3.55. The van der Waals surface area contributed by atoms with Gasteiger partial charge in [-0.3, -0.25) is 0 Å². The second kappa shape index (κ2) is 6.01. The lowest BCUT2D eigenvalue weighted by molar-refractivity contribution is 0.149. The molecule has 0 spiro atoms. The standard InChI is InChI=1S/C15H20N2O3S/c1-11(10-20-3)17(2)21(18,19)15-6-4-5-12-9-13(16)7-8-14(12)15/h4-9,11H,10,16H2,1-3H3. The number of nitrogen functional groups attached to an aromatic ring is 1. The molecule has 1 atom stereocenters. The van der Waals surface area contributed by atoms with Crippen LogP contribution in [0.1, 0.15) is 6.92 Å². The summed E-state index contributed by atoms with van der Waals surface area (Å²) < 4.78 is 31.9.